The van der Waals surface area contributed by atoms with Gasteiger partial charge in [0.2, 0.25) is 0 Å². The Kier molecular flexibility index (Phi) is 3.83. The quantitative estimate of drug-likeness (QED) is 0.869. The van der Waals surface area contributed by atoms with Crippen LogP contribution in [0.4, 0.5) is 0 Å². The van der Waals surface area contributed by atoms with Gasteiger partial charge in [-0.15, -0.1) is 0 Å². The zero-order valence-electron chi connectivity index (χ0n) is 8.17. The standard InChI is InChI=1S/C10H12BrClN2O/c11-9-4-8(5-14-10(9)12)15-6-7-2-1-3-13-7/h4-5,7,13H,1-3,6H2/t7-/m0/s1. The van der Waals surface area contributed by atoms with Crippen molar-refractivity contribution in [2.24, 2.45) is 0 Å². The lowest BCUT2D eigenvalue weighted by molar-refractivity contribution is 0.276. The Morgan fingerprint density at radius 2 is 2.53 bits per heavy atom. The van der Waals surface area contributed by atoms with Gasteiger partial charge in [0.15, 0.2) is 0 Å². The number of nitrogens with one attached hydrogen (secondary N) is 1. The molecule has 2 heterocycles. The Labute approximate surface area is 102 Å². The molecule has 0 bridgehead atoms. The van der Waals surface area contributed by atoms with Crippen LogP contribution in [0.3, 0.4) is 0 Å². The molecule has 2 rings (SSSR count). The highest BCUT2D eigenvalue weighted by Crippen LogP contribution is 2.24. The lowest BCUT2D eigenvalue weighted by Crippen LogP contribution is -2.28. The Hall–Kier alpha value is -0.320. The first-order valence-corrected chi connectivity index (χ1v) is 6.10. The van der Waals surface area contributed by atoms with Gasteiger partial charge in [-0.05, 0) is 41.4 Å². The second-order valence-electron chi connectivity index (χ2n) is 3.55. The number of aromatic nitrogens is 1. The van der Waals surface area contributed by atoms with E-state index in [1.807, 2.05) is 6.07 Å². The predicted molar refractivity (Wildman–Crippen MR) is 63.5 cm³/mol. The number of pyridine rings is 1. The van der Waals surface area contributed by atoms with E-state index in [1.165, 1.54) is 12.8 Å². The normalized spacial score (nSPS) is 20.5. The van der Waals surface area contributed by atoms with Gasteiger partial charge in [0, 0.05) is 6.04 Å². The van der Waals surface area contributed by atoms with Crippen LogP contribution in [0.25, 0.3) is 0 Å². The minimum Gasteiger partial charge on any atom is -0.490 e. The van der Waals surface area contributed by atoms with Gasteiger partial charge in [-0.1, -0.05) is 11.6 Å². The van der Waals surface area contributed by atoms with Gasteiger partial charge in [-0.25, -0.2) is 4.98 Å². The minimum absolute atomic E-state index is 0.460. The molecule has 0 spiro atoms. The van der Waals surface area contributed by atoms with Crippen LogP contribution in [0.1, 0.15) is 12.8 Å². The summed E-state index contributed by atoms with van der Waals surface area (Å²) in [4.78, 5) is 4.00. The summed E-state index contributed by atoms with van der Waals surface area (Å²) in [6.07, 6.45) is 4.06. The van der Waals surface area contributed by atoms with Crippen LogP contribution in [0.2, 0.25) is 5.15 Å². The SMILES string of the molecule is Clc1ncc(OC[C@@H]2CCCN2)cc1Br. The number of hydrogen-bond acceptors (Lipinski definition) is 3. The number of nitrogens with zero attached hydrogens (tertiary/aromatic N) is 1. The zero-order valence-corrected chi connectivity index (χ0v) is 10.5. The van der Waals surface area contributed by atoms with Crippen LogP contribution < -0.4 is 10.1 Å². The third-order valence-electron chi connectivity index (χ3n) is 2.38. The first-order valence-electron chi connectivity index (χ1n) is 4.93. The molecule has 82 valence electrons. The summed E-state index contributed by atoms with van der Waals surface area (Å²) in [5.41, 5.74) is 0. The Morgan fingerprint density at radius 1 is 1.67 bits per heavy atom. The molecule has 0 aliphatic carbocycles. The third-order valence-corrected chi connectivity index (χ3v) is 3.52. The van der Waals surface area contributed by atoms with Crippen molar-refractivity contribution < 1.29 is 4.74 Å². The van der Waals surface area contributed by atoms with Crippen molar-refractivity contribution in [3.05, 3.63) is 21.9 Å². The van der Waals surface area contributed by atoms with Crippen molar-refractivity contribution in [1.29, 1.82) is 0 Å². The molecular formula is C10H12BrClN2O. The molecule has 1 saturated heterocycles. The molecule has 0 unspecified atom stereocenters. The average molecular weight is 292 g/mol. The highest BCUT2D eigenvalue weighted by atomic mass is 79.9. The summed E-state index contributed by atoms with van der Waals surface area (Å²) in [6, 6.07) is 2.31. The summed E-state index contributed by atoms with van der Waals surface area (Å²) in [5.74, 6) is 0.750. The maximum Gasteiger partial charge on any atom is 0.143 e. The summed E-state index contributed by atoms with van der Waals surface area (Å²) in [5, 5.41) is 3.83. The van der Waals surface area contributed by atoms with Gasteiger partial charge in [0.1, 0.15) is 17.5 Å². The fraction of sp³-hybridized carbons (Fsp3) is 0.500. The second-order valence-corrected chi connectivity index (χ2v) is 4.76. The van der Waals surface area contributed by atoms with E-state index in [0.717, 1.165) is 16.8 Å². The maximum atomic E-state index is 5.78. The zero-order chi connectivity index (χ0) is 10.7. The molecule has 0 radical (unpaired) electrons. The van der Waals surface area contributed by atoms with Crippen LogP contribution in [-0.2, 0) is 0 Å². The van der Waals surface area contributed by atoms with Gasteiger partial charge in [0.05, 0.1) is 10.7 Å². The summed E-state index contributed by atoms with van der Waals surface area (Å²) in [7, 11) is 0. The van der Waals surface area contributed by atoms with Crippen molar-refractivity contribution in [3.8, 4) is 5.75 Å². The van der Waals surface area contributed by atoms with Gasteiger partial charge in [-0.2, -0.15) is 0 Å². The van der Waals surface area contributed by atoms with Gasteiger partial charge in [0.25, 0.3) is 0 Å². The predicted octanol–water partition coefficient (Wildman–Crippen LogP) is 2.63. The highest BCUT2D eigenvalue weighted by molar-refractivity contribution is 9.10. The highest BCUT2D eigenvalue weighted by Gasteiger charge is 2.14. The molecule has 1 N–H and O–H groups in total. The molecule has 1 fully saturated rings. The van der Waals surface area contributed by atoms with E-state index in [-0.39, 0.29) is 0 Å². The van der Waals surface area contributed by atoms with E-state index in [1.54, 1.807) is 6.20 Å². The maximum absolute atomic E-state index is 5.78. The lowest BCUT2D eigenvalue weighted by atomic mass is 10.2. The van der Waals surface area contributed by atoms with Crippen LogP contribution in [0, 0.1) is 0 Å². The smallest absolute Gasteiger partial charge is 0.143 e. The molecule has 1 aliphatic heterocycles. The van der Waals surface area contributed by atoms with E-state index in [0.29, 0.717) is 17.8 Å². The lowest BCUT2D eigenvalue weighted by Gasteiger charge is -2.11. The fourth-order valence-corrected chi connectivity index (χ4v) is 2.01. The van der Waals surface area contributed by atoms with Gasteiger partial charge < -0.3 is 10.1 Å². The molecule has 0 amide bonds. The summed E-state index contributed by atoms with van der Waals surface area (Å²) >= 11 is 9.09. The van der Waals surface area contributed by atoms with Crippen LogP contribution in [0.5, 0.6) is 5.75 Å². The largest absolute Gasteiger partial charge is 0.490 e. The van der Waals surface area contributed by atoms with Crippen molar-refractivity contribution in [3.63, 3.8) is 0 Å². The molecule has 1 aromatic rings. The first-order chi connectivity index (χ1) is 7.25. The van der Waals surface area contributed by atoms with E-state index < -0.39 is 0 Å². The van der Waals surface area contributed by atoms with Crippen LogP contribution in [-0.4, -0.2) is 24.2 Å². The van der Waals surface area contributed by atoms with Crippen molar-refractivity contribution in [2.75, 3.05) is 13.2 Å². The van der Waals surface area contributed by atoms with Gasteiger partial charge in [-0.3, -0.25) is 0 Å². The third kappa shape index (κ3) is 3.06. The van der Waals surface area contributed by atoms with Crippen molar-refractivity contribution >= 4 is 27.5 Å². The van der Waals surface area contributed by atoms with E-state index in [2.05, 4.69) is 26.2 Å². The minimum atomic E-state index is 0.460. The topological polar surface area (TPSA) is 34.1 Å². The Balaban J connectivity index is 1.90. The molecule has 1 aromatic heterocycles. The molecule has 0 saturated carbocycles. The number of hydrogen-bond donors (Lipinski definition) is 1. The summed E-state index contributed by atoms with van der Waals surface area (Å²) in [6.45, 7) is 1.78. The van der Waals surface area contributed by atoms with Gasteiger partial charge >= 0.3 is 0 Å². The molecule has 1 atom stereocenters. The Bertz CT molecular complexity index is 342. The number of halogens is 2. The average Bonchev–Trinajstić information content (AvgIpc) is 2.73. The van der Waals surface area contributed by atoms with Crippen molar-refractivity contribution in [2.45, 2.75) is 18.9 Å². The van der Waals surface area contributed by atoms with E-state index in [4.69, 9.17) is 16.3 Å². The molecule has 15 heavy (non-hydrogen) atoms. The number of ether oxygens (including phenoxy) is 1. The molecule has 1 aliphatic rings. The van der Waals surface area contributed by atoms with Crippen LogP contribution in [0.15, 0.2) is 16.7 Å². The number of rotatable bonds is 3. The summed E-state index contributed by atoms with van der Waals surface area (Å²) < 4.78 is 6.38. The molecule has 0 aromatic carbocycles. The molecular weight excluding hydrogens is 279 g/mol. The second kappa shape index (κ2) is 5.14. The van der Waals surface area contributed by atoms with E-state index >= 15 is 0 Å². The Morgan fingerprint density at radius 3 is 3.20 bits per heavy atom. The molecule has 5 heteroatoms. The monoisotopic (exact) mass is 290 g/mol. The van der Waals surface area contributed by atoms with E-state index in [9.17, 15) is 0 Å². The first kappa shape index (κ1) is 11.2. The van der Waals surface area contributed by atoms with Crippen molar-refractivity contribution in [1.82, 2.24) is 10.3 Å². The van der Waals surface area contributed by atoms with Crippen LogP contribution >= 0.6 is 27.5 Å². The molecule has 3 nitrogen and oxygen atoms in total. The fourth-order valence-electron chi connectivity index (χ4n) is 1.58.